The number of aromatic amines is 1. The van der Waals surface area contributed by atoms with Gasteiger partial charge in [0.05, 0.1) is 11.0 Å². The first-order valence-corrected chi connectivity index (χ1v) is 9.61. The smallest absolute Gasteiger partial charge is 0.256 e. The van der Waals surface area contributed by atoms with E-state index >= 15 is 0 Å². The number of hydrogen-bond donors (Lipinski definition) is 2. The lowest BCUT2D eigenvalue weighted by atomic mass is 10.0. The summed E-state index contributed by atoms with van der Waals surface area (Å²) in [6.45, 7) is 0. The molecule has 4 nitrogen and oxygen atoms in total. The van der Waals surface area contributed by atoms with Crippen molar-refractivity contribution in [1.82, 2.24) is 9.97 Å². The molecule has 0 saturated heterocycles. The fourth-order valence-electron chi connectivity index (χ4n) is 3.50. The van der Waals surface area contributed by atoms with Crippen molar-refractivity contribution in [3.05, 3.63) is 95.5 Å². The molecule has 140 valence electrons. The summed E-state index contributed by atoms with van der Waals surface area (Å²) >= 11 is 6.27. The van der Waals surface area contributed by atoms with Gasteiger partial charge in [0, 0.05) is 27.2 Å². The highest BCUT2D eigenvalue weighted by Crippen LogP contribution is 2.27. The Morgan fingerprint density at radius 2 is 1.66 bits per heavy atom. The average molecular weight is 398 g/mol. The number of amides is 1. The van der Waals surface area contributed by atoms with Crippen LogP contribution in [0.15, 0.2) is 84.9 Å². The van der Waals surface area contributed by atoms with Gasteiger partial charge in [-0.3, -0.25) is 4.79 Å². The van der Waals surface area contributed by atoms with Crippen molar-refractivity contribution in [1.29, 1.82) is 0 Å². The van der Waals surface area contributed by atoms with Crippen molar-refractivity contribution in [2.75, 3.05) is 5.32 Å². The predicted octanol–water partition coefficient (Wildman–Crippen LogP) is 6.29. The van der Waals surface area contributed by atoms with Crippen LogP contribution in [0.4, 0.5) is 5.69 Å². The van der Waals surface area contributed by atoms with Crippen LogP contribution in [0.1, 0.15) is 10.4 Å². The number of carbonyl (C=O) groups excluding carboxylic acids is 1. The molecular formula is C24H16ClN3O. The topological polar surface area (TPSA) is 57.8 Å². The summed E-state index contributed by atoms with van der Waals surface area (Å²) in [5.41, 5.74) is 4.07. The van der Waals surface area contributed by atoms with E-state index in [2.05, 4.69) is 15.3 Å². The normalized spacial score (nSPS) is 11.1. The van der Waals surface area contributed by atoms with Gasteiger partial charge in [-0.05, 0) is 41.8 Å². The predicted molar refractivity (Wildman–Crippen MR) is 118 cm³/mol. The number of nitrogens with one attached hydrogen (secondary N) is 2. The number of anilines is 1. The van der Waals surface area contributed by atoms with Crippen molar-refractivity contribution < 1.29 is 4.79 Å². The molecule has 1 heterocycles. The van der Waals surface area contributed by atoms with Gasteiger partial charge >= 0.3 is 0 Å². The van der Waals surface area contributed by atoms with Crippen molar-refractivity contribution in [3.63, 3.8) is 0 Å². The average Bonchev–Trinajstić information content (AvgIpc) is 3.18. The van der Waals surface area contributed by atoms with Crippen molar-refractivity contribution >= 4 is 45.0 Å². The maximum Gasteiger partial charge on any atom is 0.256 e. The molecule has 5 aromatic rings. The van der Waals surface area contributed by atoms with Crippen LogP contribution in [0.25, 0.3) is 33.2 Å². The summed E-state index contributed by atoms with van der Waals surface area (Å²) in [6.07, 6.45) is 0. The molecule has 0 radical (unpaired) electrons. The zero-order valence-electron chi connectivity index (χ0n) is 15.3. The lowest BCUT2D eigenvalue weighted by Gasteiger charge is -2.10. The minimum Gasteiger partial charge on any atom is -0.338 e. The van der Waals surface area contributed by atoms with Gasteiger partial charge in [0.15, 0.2) is 0 Å². The maximum absolute atomic E-state index is 13.0. The molecule has 0 atom stereocenters. The minimum atomic E-state index is -0.181. The molecule has 5 rings (SSSR count). The third-order valence-corrected chi connectivity index (χ3v) is 5.23. The molecule has 0 saturated carbocycles. The Bertz CT molecular complexity index is 1340. The Kier molecular flexibility index (Phi) is 4.26. The highest BCUT2D eigenvalue weighted by molar-refractivity contribution is 6.36. The van der Waals surface area contributed by atoms with Crippen LogP contribution in [0.3, 0.4) is 0 Å². The number of halogens is 1. The van der Waals surface area contributed by atoms with E-state index in [0.717, 1.165) is 33.2 Å². The molecule has 0 aliphatic carbocycles. The first kappa shape index (κ1) is 17.5. The number of nitrogens with zero attached hydrogens (tertiary/aromatic N) is 1. The molecule has 0 aliphatic heterocycles. The SMILES string of the molecule is O=C(Nc1cccc(-c2nc3ccccc3[nH]2)c1)c1cccc2c(Cl)cccc12. The third-order valence-electron chi connectivity index (χ3n) is 4.90. The first-order valence-electron chi connectivity index (χ1n) is 9.23. The first-order chi connectivity index (χ1) is 14.2. The summed E-state index contributed by atoms with van der Waals surface area (Å²) in [7, 11) is 0. The van der Waals surface area contributed by atoms with Crippen LogP contribution in [-0.2, 0) is 0 Å². The van der Waals surface area contributed by atoms with Crippen LogP contribution in [0.2, 0.25) is 5.02 Å². The van der Waals surface area contributed by atoms with Gasteiger partial charge in [-0.1, -0.05) is 60.1 Å². The van der Waals surface area contributed by atoms with Gasteiger partial charge < -0.3 is 10.3 Å². The Hall–Kier alpha value is -3.63. The maximum atomic E-state index is 13.0. The van der Waals surface area contributed by atoms with Crippen LogP contribution in [0.5, 0.6) is 0 Å². The largest absolute Gasteiger partial charge is 0.338 e. The van der Waals surface area contributed by atoms with E-state index in [1.54, 1.807) is 6.07 Å². The Labute approximate surface area is 172 Å². The number of para-hydroxylation sites is 2. The van der Waals surface area contributed by atoms with Crippen LogP contribution < -0.4 is 5.32 Å². The van der Waals surface area contributed by atoms with Gasteiger partial charge in [-0.2, -0.15) is 0 Å². The highest BCUT2D eigenvalue weighted by atomic mass is 35.5. The fraction of sp³-hybridized carbons (Fsp3) is 0. The van der Waals surface area contributed by atoms with Gasteiger partial charge in [0.25, 0.3) is 5.91 Å². The Balaban J connectivity index is 1.48. The van der Waals surface area contributed by atoms with Crippen LogP contribution in [-0.4, -0.2) is 15.9 Å². The molecule has 5 heteroatoms. The van der Waals surface area contributed by atoms with Gasteiger partial charge in [0.2, 0.25) is 0 Å². The summed E-state index contributed by atoms with van der Waals surface area (Å²) in [5.74, 6) is 0.582. The molecule has 0 bridgehead atoms. The molecule has 2 N–H and O–H groups in total. The van der Waals surface area contributed by atoms with E-state index in [4.69, 9.17) is 11.6 Å². The number of rotatable bonds is 3. The number of H-pyrrole nitrogens is 1. The van der Waals surface area contributed by atoms with E-state index in [9.17, 15) is 4.79 Å². The van der Waals surface area contributed by atoms with Gasteiger partial charge in [-0.25, -0.2) is 4.98 Å². The Morgan fingerprint density at radius 3 is 2.55 bits per heavy atom. The van der Waals surface area contributed by atoms with Crippen LogP contribution in [0, 0.1) is 0 Å². The zero-order valence-corrected chi connectivity index (χ0v) is 16.1. The number of imidazole rings is 1. The zero-order chi connectivity index (χ0) is 19.8. The second-order valence-electron chi connectivity index (χ2n) is 6.78. The molecule has 1 aromatic heterocycles. The summed E-state index contributed by atoms with van der Waals surface area (Å²) in [4.78, 5) is 20.9. The second kappa shape index (κ2) is 7.08. The van der Waals surface area contributed by atoms with E-state index in [1.807, 2.05) is 78.9 Å². The van der Waals surface area contributed by atoms with E-state index < -0.39 is 0 Å². The van der Waals surface area contributed by atoms with E-state index in [-0.39, 0.29) is 5.91 Å². The quantitative estimate of drug-likeness (QED) is 0.376. The third kappa shape index (κ3) is 3.24. The molecule has 0 fully saturated rings. The van der Waals surface area contributed by atoms with Gasteiger partial charge in [-0.15, -0.1) is 0 Å². The summed E-state index contributed by atoms with van der Waals surface area (Å²) in [6, 6.07) is 26.7. The monoisotopic (exact) mass is 397 g/mol. The number of carbonyl (C=O) groups is 1. The number of hydrogen-bond acceptors (Lipinski definition) is 2. The molecule has 1 amide bonds. The summed E-state index contributed by atoms with van der Waals surface area (Å²) < 4.78 is 0. The lowest BCUT2D eigenvalue weighted by Crippen LogP contribution is -2.12. The minimum absolute atomic E-state index is 0.181. The number of fused-ring (bicyclic) bond motifs is 2. The Morgan fingerprint density at radius 1 is 0.862 bits per heavy atom. The lowest BCUT2D eigenvalue weighted by molar-refractivity contribution is 0.102. The van der Waals surface area contributed by atoms with Crippen molar-refractivity contribution in [3.8, 4) is 11.4 Å². The summed E-state index contributed by atoms with van der Waals surface area (Å²) in [5, 5.41) is 5.30. The van der Waals surface area contributed by atoms with E-state index in [1.165, 1.54) is 0 Å². The molecule has 29 heavy (non-hydrogen) atoms. The molecular weight excluding hydrogens is 382 g/mol. The fourth-order valence-corrected chi connectivity index (χ4v) is 3.74. The molecule has 4 aromatic carbocycles. The van der Waals surface area contributed by atoms with Crippen molar-refractivity contribution in [2.24, 2.45) is 0 Å². The van der Waals surface area contributed by atoms with Crippen molar-refractivity contribution in [2.45, 2.75) is 0 Å². The van der Waals surface area contributed by atoms with Crippen LogP contribution >= 0.6 is 11.6 Å². The highest BCUT2D eigenvalue weighted by Gasteiger charge is 2.12. The van der Waals surface area contributed by atoms with E-state index in [0.29, 0.717) is 16.3 Å². The van der Waals surface area contributed by atoms with Gasteiger partial charge in [0.1, 0.15) is 5.82 Å². The molecule has 0 aliphatic rings. The molecule has 0 unspecified atom stereocenters. The standard InChI is InChI=1S/C24H16ClN3O/c25-20-11-5-8-17-18(20)9-4-10-19(17)24(29)26-16-7-3-6-15(14-16)23-27-21-12-1-2-13-22(21)28-23/h1-14H,(H,26,29)(H,27,28). The number of benzene rings is 4. The second-order valence-corrected chi connectivity index (χ2v) is 7.19. The number of aromatic nitrogens is 2. The molecule has 0 spiro atoms.